The second kappa shape index (κ2) is 5.31. The average molecular weight is 267 g/mol. The van der Waals surface area contributed by atoms with Gasteiger partial charge in [-0.1, -0.05) is 24.6 Å². The van der Waals surface area contributed by atoms with Gasteiger partial charge in [0.15, 0.2) is 0 Å². The molecule has 1 aromatic heterocycles. The van der Waals surface area contributed by atoms with E-state index in [-0.39, 0.29) is 5.82 Å². The van der Waals surface area contributed by atoms with Crippen LogP contribution in [0.5, 0.6) is 11.6 Å². The number of aryl methyl sites for hydroxylation is 2. The van der Waals surface area contributed by atoms with Gasteiger partial charge in [0.2, 0.25) is 5.88 Å². The minimum absolute atomic E-state index is 0.310. The van der Waals surface area contributed by atoms with Crippen LogP contribution in [0.3, 0.4) is 0 Å². The molecule has 18 heavy (non-hydrogen) atoms. The molecule has 94 valence electrons. The van der Waals surface area contributed by atoms with Gasteiger partial charge in [-0.15, -0.1) is 0 Å². The number of benzene rings is 1. The van der Waals surface area contributed by atoms with Crippen LogP contribution in [-0.4, -0.2) is 9.97 Å². The maximum Gasteiger partial charge on any atom is 0.224 e. The van der Waals surface area contributed by atoms with Crippen molar-refractivity contribution in [3.63, 3.8) is 0 Å². The lowest BCUT2D eigenvalue weighted by atomic mass is 10.2. The first kappa shape index (κ1) is 12.8. The Hall–Kier alpha value is -1.68. The van der Waals surface area contributed by atoms with Crippen LogP contribution in [0.25, 0.3) is 0 Å². The van der Waals surface area contributed by atoms with E-state index in [4.69, 9.17) is 16.3 Å². The highest BCUT2D eigenvalue weighted by molar-refractivity contribution is 6.29. The summed E-state index contributed by atoms with van der Waals surface area (Å²) < 4.78 is 18.8. The van der Waals surface area contributed by atoms with Crippen molar-refractivity contribution in [1.29, 1.82) is 0 Å². The van der Waals surface area contributed by atoms with E-state index in [1.54, 1.807) is 19.1 Å². The van der Waals surface area contributed by atoms with Crippen LogP contribution in [0, 0.1) is 12.7 Å². The fraction of sp³-hybridized carbons (Fsp3) is 0.231. The van der Waals surface area contributed by atoms with Gasteiger partial charge < -0.3 is 4.74 Å². The molecule has 0 amide bonds. The number of halogens is 2. The molecule has 0 fully saturated rings. The summed E-state index contributed by atoms with van der Waals surface area (Å²) in [6.45, 7) is 3.61. The molecule has 0 saturated heterocycles. The van der Waals surface area contributed by atoms with Crippen molar-refractivity contribution >= 4 is 11.6 Å². The van der Waals surface area contributed by atoms with Crippen molar-refractivity contribution < 1.29 is 9.13 Å². The van der Waals surface area contributed by atoms with E-state index in [0.717, 1.165) is 0 Å². The van der Waals surface area contributed by atoms with Gasteiger partial charge in [-0.2, -0.15) is 4.98 Å². The van der Waals surface area contributed by atoms with Gasteiger partial charge >= 0.3 is 0 Å². The van der Waals surface area contributed by atoms with Crippen LogP contribution in [0.1, 0.15) is 18.3 Å². The lowest BCUT2D eigenvalue weighted by Gasteiger charge is -2.07. The molecule has 0 atom stereocenters. The lowest BCUT2D eigenvalue weighted by molar-refractivity contribution is 0.453. The number of nitrogens with zero attached hydrogens (tertiary/aromatic N) is 2. The van der Waals surface area contributed by atoms with E-state index >= 15 is 0 Å². The Labute approximate surface area is 110 Å². The number of rotatable bonds is 3. The summed E-state index contributed by atoms with van der Waals surface area (Å²) in [6.07, 6.45) is 0.652. The molecule has 0 aliphatic heterocycles. The van der Waals surface area contributed by atoms with Gasteiger partial charge in [0.05, 0.1) is 0 Å². The van der Waals surface area contributed by atoms with E-state index in [9.17, 15) is 4.39 Å². The quantitative estimate of drug-likeness (QED) is 0.790. The summed E-state index contributed by atoms with van der Waals surface area (Å²) in [5.41, 5.74) is 0.567. The fourth-order valence-electron chi connectivity index (χ4n) is 1.41. The second-order valence-electron chi connectivity index (χ2n) is 3.81. The Morgan fingerprint density at radius 2 is 2.06 bits per heavy atom. The molecule has 1 heterocycles. The van der Waals surface area contributed by atoms with Crippen molar-refractivity contribution in [1.82, 2.24) is 9.97 Å². The monoisotopic (exact) mass is 266 g/mol. The zero-order chi connectivity index (χ0) is 13.1. The first-order chi connectivity index (χ1) is 8.58. The fourth-order valence-corrected chi connectivity index (χ4v) is 1.60. The van der Waals surface area contributed by atoms with Gasteiger partial charge in [-0.3, -0.25) is 0 Å². The lowest BCUT2D eigenvalue weighted by Crippen LogP contribution is -1.96. The minimum atomic E-state index is -0.316. The van der Waals surface area contributed by atoms with E-state index in [0.29, 0.717) is 34.6 Å². The molecule has 0 radical (unpaired) electrons. The third kappa shape index (κ3) is 2.96. The summed E-state index contributed by atoms with van der Waals surface area (Å²) in [7, 11) is 0. The highest BCUT2D eigenvalue weighted by Gasteiger charge is 2.06. The van der Waals surface area contributed by atoms with Gasteiger partial charge in [0.25, 0.3) is 0 Å². The molecule has 2 aromatic rings. The molecular formula is C13H12ClFN2O. The van der Waals surface area contributed by atoms with Gasteiger partial charge in [-0.05, 0) is 18.6 Å². The molecule has 0 saturated carbocycles. The van der Waals surface area contributed by atoms with Crippen LogP contribution in [0.4, 0.5) is 4.39 Å². The molecule has 0 unspecified atom stereocenters. The molecule has 5 heteroatoms. The first-order valence-corrected chi connectivity index (χ1v) is 5.93. The third-order valence-corrected chi connectivity index (χ3v) is 2.59. The maximum atomic E-state index is 13.4. The van der Waals surface area contributed by atoms with Gasteiger partial charge in [0, 0.05) is 18.6 Å². The van der Waals surface area contributed by atoms with Crippen molar-refractivity contribution in [2.75, 3.05) is 0 Å². The third-order valence-electron chi connectivity index (χ3n) is 2.40. The second-order valence-corrected chi connectivity index (χ2v) is 4.20. The van der Waals surface area contributed by atoms with Crippen LogP contribution >= 0.6 is 11.6 Å². The Morgan fingerprint density at radius 1 is 1.28 bits per heavy atom. The SMILES string of the molecule is CCc1nc(Cl)cc(Oc2ccc(C)c(F)c2)n1. The van der Waals surface area contributed by atoms with E-state index < -0.39 is 0 Å². The van der Waals surface area contributed by atoms with E-state index in [2.05, 4.69) is 9.97 Å². The highest BCUT2D eigenvalue weighted by Crippen LogP contribution is 2.23. The van der Waals surface area contributed by atoms with E-state index in [1.807, 2.05) is 6.92 Å². The molecule has 0 aliphatic carbocycles. The standard InChI is InChI=1S/C13H12ClFN2O/c1-3-12-16-11(14)7-13(17-12)18-9-5-4-8(2)10(15)6-9/h4-7H,3H2,1-2H3. The zero-order valence-electron chi connectivity index (χ0n) is 10.1. The molecule has 1 aromatic carbocycles. The predicted octanol–water partition coefficient (Wildman–Crippen LogP) is 3.93. The molecule has 0 bridgehead atoms. The molecule has 0 N–H and O–H groups in total. The first-order valence-electron chi connectivity index (χ1n) is 5.56. The topological polar surface area (TPSA) is 35.0 Å². The normalized spacial score (nSPS) is 10.4. The molecule has 0 aliphatic rings. The van der Waals surface area contributed by atoms with Gasteiger partial charge in [0.1, 0.15) is 22.5 Å². The Bertz CT molecular complexity index is 575. The maximum absolute atomic E-state index is 13.4. The van der Waals surface area contributed by atoms with Gasteiger partial charge in [-0.25, -0.2) is 9.37 Å². The Morgan fingerprint density at radius 3 is 2.72 bits per heavy atom. The average Bonchev–Trinajstić information content (AvgIpc) is 2.33. The van der Waals surface area contributed by atoms with Crippen molar-refractivity contribution in [3.05, 3.63) is 46.6 Å². The molecular weight excluding hydrogens is 255 g/mol. The largest absolute Gasteiger partial charge is 0.439 e. The summed E-state index contributed by atoms with van der Waals surface area (Å²) in [6, 6.07) is 6.14. The number of aromatic nitrogens is 2. The van der Waals surface area contributed by atoms with Crippen LogP contribution in [0.2, 0.25) is 5.15 Å². The Balaban J connectivity index is 2.27. The van der Waals surface area contributed by atoms with Crippen LogP contribution in [0.15, 0.2) is 24.3 Å². The highest BCUT2D eigenvalue weighted by atomic mass is 35.5. The van der Waals surface area contributed by atoms with Crippen LogP contribution < -0.4 is 4.74 Å². The predicted molar refractivity (Wildman–Crippen MR) is 67.6 cm³/mol. The number of hydrogen-bond donors (Lipinski definition) is 0. The summed E-state index contributed by atoms with van der Waals surface area (Å²) in [5.74, 6) is 0.971. The summed E-state index contributed by atoms with van der Waals surface area (Å²) >= 11 is 5.85. The summed E-state index contributed by atoms with van der Waals surface area (Å²) in [4.78, 5) is 8.19. The molecule has 0 spiro atoms. The minimum Gasteiger partial charge on any atom is -0.439 e. The number of ether oxygens (including phenoxy) is 1. The smallest absolute Gasteiger partial charge is 0.224 e. The van der Waals surface area contributed by atoms with Crippen molar-refractivity contribution in [3.8, 4) is 11.6 Å². The summed E-state index contributed by atoms with van der Waals surface area (Å²) in [5, 5.41) is 0.310. The van der Waals surface area contributed by atoms with Crippen molar-refractivity contribution in [2.45, 2.75) is 20.3 Å². The van der Waals surface area contributed by atoms with E-state index in [1.165, 1.54) is 12.1 Å². The molecule has 2 rings (SSSR count). The zero-order valence-corrected chi connectivity index (χ0v) is 10.8. The Kier molecular flexibility index (Phi) is 3.77. The van der Waals surface area contributed by atoms with Crippen molar-refractivity contribution in [2.24, 2.45) is 0 Å². The molecule has 3 nitrogen and oxygen atoms in total. The number of hydrogen-bond acceptors (Lipinski definition) is 3. The van der Waals surface area contributed by atoms with Crippen LogP contribution in [-0.2, 0) is 6.42 Å².